The molecule has 2 aromatic rings. The van der Waals surface area contributed by atoms with Gasteiger partial charge in [-0.2, -0.15) is 0 Å². The van der Waals surface area contributed by atoms with Gasteiger partial charge in [-0.3, -0.25) is 4.79 Å². The summed E-state index contributed by atoms with van der Waals surface area (Å²) >= 11 is 1.80. The molecule has 2 aromatic carbocycles. The Morgan fingerprint density at radius 3 is 2.25 bits per heavy atom. The van der Waals surface area contributed by atoms with Crippen LogP contribution in [0.15, 0.2) is 47.4 Å². The minimum atomic E-state index is -0.790. The van der Waals surface area contributed by atoms with Gasteiger partial charge in [0, 0.05) is 10.6 Å². The Morgan fingerprint density at radius 1 is 1.00 bits per heavy atom. The molecule has 0 saturated heterocycles. The van der Waals surface area contributed by atoms with Crippen LogP contribution in [-0.2, 0) is 17.0 Å². The van der Waals surface area contributed by atoms with E-state index in [9.17, 15) is 4.79 Å². The molecule has 104 valence electrons. The molecule has 0 aliphatic rings. The van der Waals surface area contributed by atoms with Gasteiger partial charge >= 0.3 is 5.97 Å². The number of carboxylic acid groups (broad SMARTS) is 1. The Labute approximate surface area is 123 Å². The van der Waals surface area contributed by atoms with Crippen LogP contribution in [0.4, 0.5) is 0 Å². The van der Waals surface area contributed by atoms with E-state index >= 15 is 0 Å². The molecule has 0 aromatic heterocycles. The summed E-state index contributed by atoms with van der Waals surface area (Å²) in [5.41, 5.74) is 4.68. The monoisotopic (exact) mass is 286 g/mol. The summed E-state index contributed by atoms with van der Waals surface area (Å²) in [6, 6.07) is 14.3. The summed E-state index contributed by atoms with van der Waals surface area (Å²) in [5.74, 6) is 0.109. The van der Waals surface area contributed by atoms with E-state index in [1.165, 1.54) is 21.6 Å². The fourth-order valence-electron chi connectivity index (χ4n) is 1.90. The first-order valence-electron chi connectivity index (χ1n) is 6.54. The van der Waals surface area contributed by atoms with Crippen molar-refractivity contribution in [3.8, 4) is 0 Å². The second kappa shape index (κ2) is 6.62. The SMILES string of the molecule is Cc1ccc(SCc2ccc(CC(=O)O)cc2)cc1C. The number of hydrogen-bond acceptors (Lipinski definition) is 2. The van der Waals surface area contributed by atoms with Gasteiger partial charge in [0.15, 0.2) is 0 Å². The Hall–Kier alpha value is -1.74. The first-order chi connectivity index (χ1) is 9.54. The second-order valence-corrected chi connectivity index (χ2v) is 5.97. The Morgan fingerprint density at radius 2 is 1.65 bits per heavy atom. The molecule has 0 aliphatic heterocycles. The van der Waals surface area contributed by atoms with Gasteiger partial charge in [0.1, 0.15) is 0 Å². The highest BCUT2D eigenvalue weighted by Crippen LogP contribution is 2.25. The van der Waals surface area contributed by atoms with Crippen molar-refractivity contribution in [1.82, 2.24) is 0 Å². The van der Waals surface area contributed by atoms with Gasteiger partial charge < -0.3 is 5.11 Å². The molecule has 0 bridgehead atoms. The number of hydrogen-bond donors (Lipinski definition) is 1. The van der Waals surface area contributed by atoms with Crippen LogP contribution in [0.5, 0.6) is 0 Å². The van der Waals surface area contributed by atoms with E-state index in [1.807, 2.05) is 24.3 Å². The molecule has 3 heteroatoms. The lowest BCUT2D eigenvalue weighted by Crippen LogP contribution is -1.99. The fourth-order valence-corrected chi connectivity index (χ4v) is 2.85. The molecule has 1 N–H and O–H groups in total. The summed E-state index contributed by atoms with van der Waals surface area (Å²) in [6.45, 7) is 4.24. The van der Waals surface area contributed by atoms with Crippen LogP contribution in [0.1, 0.15) is 22.3 Å². The van der Waals surface area contributed by atoms with E-state index in [1.54, 1.807) is 11.8 Å². The maximum atomic E-state index is 10.6. The van der Waals surface area contributed by atoms with E-state index in [0.29, 0.717) is 0 Å². The normalized spacial score (nSPS) is 10.5. The molecule has 0 saturated carbocycles. The van der Waals surface area contributed by atoms with Crippen molar-refractivity contribution < 1.29 is 9.90 Å². The van der Waals surface area contributed by atoms with Crippen molar-refractivity contribution >= 4 is 17.7 Å². The maximum absolute atomic E-state index is 10.6. The summed E-state index contributed by atoms with van der Waals surface area (Å²) in [7, 11) is 0. The lowest BCUT2D eigenvalue weighted by molar-refractivity contribution is -0.136. The van der Waals surface area contributed by atoms with E-state index < -0.39 is 5.97 Å². The van der Waals surface area contributed by atoms with Crippen molar-refractivity contribution in [3.05, 3.63) is 64.7 Å². The largest absolute Gasteiger partial charge is 0.481 e. The van der Waals surface area contributed by atoms with Crippen LogP contribution in [0.25, 0.3) is 0 Å². The van der Waals surface area contributed by atoms with Crippen LogP contribution in [0, 0.1) is 13.8 Å². The molecule has 0 atom stereocenters. The number of rotatable bonds is 5. The minimum absolute atomic E-state index is 0.0879. The van der Waals surface area contributed by atoms with Crippen molar-refractivity contribution in [2.45, 2.75) is 30.9 Å². The number of benzene rings is 2. The standard InChI is InChI=1S/C17H18O2S/c1-12-3-8-16(9-13(12)2)20-11-15-6-4-14(5-7-15)10-17(18)19/h3-9H,10-11H2,1-2H3,(H,18,19). The minimum Gasteiger partial charge on any atom is -0.481 e. The third-order valence-electron chi connectivity index (χ3n) is 3.26. The average Bonchev–Trinajstić information content (AvgIpc) is 2.41. The number of aryl methyl sites for hydroxylation is 2. The number of thioether (sulfide) groups is 1. The molecule has 0 aliphatic carbocycles. The van der Waals surface area contributed by atoms with E-state index in [4.69, 9.17) is 5.11 Å². The van der Waals surface area contributed by atoms with Crippen LogP contribution in [0.3, 0.4) is 0 Å². The highest BCUT2D eigenvalue weighted by molar-refractivity contribution is 7.98. The van der Waals surface area contributed by atoms with Gasteiger partial charge in [-0.15, -0.1) is 11.8 Å². The van der Waals surface area contributed by atoms with Crippen molar-refractivity contribution in [1.29, 1.82) is 0 Å². The number of aliphatic carboxylic acids is 1. The van der Waals surface area contributed by atoms with Crippen LogP contribution in [-0.4, -0.2) is 11.1 Å². The van der Waals surface area contributed by atoms with E-state index in [-0.39, 0.29) is 6.42 Å². The van der Waals surface area contributed by atoms with E-state index in [2.05, 4.69) is 32.0 Å². The lowest BCUT2D eigenvalue weighted by atomic mass is 10.1. The predicted octanol–water partition coefficient (Wildman–Crippen LogP) is 4.22. The quantitative estimate of drug-likeness (QED) is 0.836. The Kier molecular flexibility index (Phi) is 4.85. The second-order valence-electron chi connectivity index (χ2n) is 4.92. The molecule has 0 heterocycles. The number of carbonyl (C=O) groups is 1. The van der Waals surface area contributed by atoms with Gasteiger partial charge in [-0.25, -0.2) is 0 Å². The highest BCUT2D eigenvalue weighted by Gasteiger charge is 2.02. The summed E-state index contributed by atoms with van der Waals surface area (Å²) in [4.78, 5) is 11.9. The van der Waals surface area contributed by atoms with Gasteiger partial charge in [-0.05, 0) is 48.2 Å². The van der Waals surface area contributed by atoms with E-state index in [0.717, 1.165) is 11.3 Å². The van der Waals surface area contributed by atoms with Crippen LogP contribution >= 0.6 is 11.8 Å². The maximum Gasteiger partial charge on any atom is 0.307 e. The Balaban J connectivity index is 1.96. The lowest BCUT2D eigenvalue weighted by Gasteiger charge is -2.06. The fraction of sp³-hybridized carbons (Fsp3) is 0.235. The third-order valence-corrected chi connectivity index (χ3v) is 4.33. The molecular weight excluding hydrogens is 268 g/mol. The molecule has 2 nitrogen and oxygen atoms in total. The average molecular weight is 286 g/mol. The summed E-state index contributed by atoms with van der Waals surface area (Å²) in [6.07, 6.45) is 0.0879. The van der Waals surface area contributed by atoms with Crippen LogP contribution in [0.2, 0.25) is 0 Å². The highest BCUT2D eigenvalue weighted by atomic mass is 32.2. The molecule has 20 heavy (non-hydrogen) atoms. The predicted molar refractivity (Wildman–Crippen MR) is 83.3 cm³/mol. The molecule has 0 unspecified atom stereocenters. The zero-order valence-electron chi connectivity index (χ0n) is 11.7. The zero-order valence-corrected chi connectivity index (χ0v) is 12.5. The molecule has 0 spiro atoms. The molecule has 0 amide bonds. The van der Waals surface area contributed by atoms with Crippen molar-refractivity contribution in [2.24, 2.45) is 0 Å². The molecule has 2 rings (SSSR count). The first-order valence-corrected chi connectivity index (χ1v) is 7.53. The van der Waals surface area contributed by atoms with Gasteiger partial charge in [-0.1, -0.05) is 30.3 Å². The third kappa shape index (κ3) is 4.14. The Bertz CT molecular complexity index is 603. The summed E-state index contributed by atoms with van der Waals surface area (Å²) in [5, 5.41) is 8.73. The molecule has 0 fully saturated rings. The van der Waals surface area contributed by atoms with Gasteiger partial charge in [0.2, 0.25) is 0 Å². The van der Waals surface area contributed by atoms with Gasteiger partial charge in [0.05, 0.1) is 6.42 Å². The van der Waals surface area contributed by atoms with Crippen LogP contribution < -0.4 is 0 Å². The first kappa shape index (κ1) is 14.7. The molecular formula is C17H18O2S. The van der Waals surface area contributed by atoms with Gasteiger partial charge in [0.25, 0.3) is 0 Å². The topological polar surface area (TPSA) is 37.3 Å². The van der Waals surface area contributed by atoms with Crippen molar-refractivity contribution in [2.75, 3.05) is 0 Å². The van der Waals surface area contributed by atoms with Crippen molar-refractivity contribution in [3.63, 3.8) is 0 Å². The zero-order chi connectivity index (χ0) is 14.5. The number of carboxylic acids is 1. The molecule has 0 radical (unpaired) electrons. The summed E-state index contributed by atoms with van der Waals surface area (Å²) < 4.78 is 0. The smallest absolute Gasteiger partial charge is 0.307 e.